The Morgan fingerprint density at radius 2 is 2.27 bits per heavy atom. The molecule has 1 aliphatic rings. The highest BCUT2D eigenvalue weighted by Gasteiger charge is 2.20. The van der Waals surface area contributed by atoms with Crippen molar-refractivity contribution in [2.45, 2.75) is 44.2 Å². The number of hydrogen-bond donors (Lipinski definition) is 2. The zero-order valence-corrected chi connectivity index (χ0v) is 9.93. The molecule has 15 heavy (non-hydrogen) atoms. The molecule has 3 N–H and O–H groups in total. The average Bonchev–Trinajstić information content (AvgIpc) is 2.74. The van der Waals surface area contributed by atoms with E-state index in [1.807, 2.05) is 11.3 Å². The van der Waals surface area contributed by atoms with Crippen LogP contribution in [0.25, 0.3) is 0 Å². The largest absolute Gasteiger partial charge is 0.326 e. The average molecular weight is 224 g/mol. The van der Waals surface area contributed by atoms with Gasteiger partial charge >= 0.3 is 0 Å². The number of thiophene rings is 1. The van der Waals surface area contributed by atoms with Crippen molar-refractivity contribution < 1.29 is 0 Å². The van der Waals surface area contributed by atoms with Gasteiger partial charge in [0.2, 0.25) is 0 Å². The van der Waals surface area contributed by atoms with Gasteiger partial charge in [0.15, 0.2) is 0 Å². The molecule has 0 bridgehead atoms. The quantitative estimate of drug-likeness (QED) is 0.822. The molecule has 2 atom stereocenters. The third kappa shape index (κ3) is 3.30. The standard InChI is InChI=1S/C12H20N2S/c13-11-5-1-2-6-12(11)14-8-7-10-4-3-9-15-10/h3-4,9,11-12,14H,1-2,5-8,13H2. The minimum Gasteiger partial charge on any atom is -0.326 e. The van der Waals surface area contributed by atoms with Gasteiger partial charge in [0, 0.05) is 23.5 Å². The van der Waals surface area contributed by atoms with Gasteiger partial charge in [0.05, 0.1) is 0 Å². The molecule has 1 heterocycles. The van der Waals surface area contributed by atoms with Crippen LogP contribution in [0.3, 0.4) is 0 Å². The molecular formula is C12H20N2S. The van der Waals surface area contributed by atoms with Crippen LogP contribution in [0, 0.1) is 0 Å². The van der Waals surface area contributed by atoms with Gasteiger partial charge in [-0.1, -0.05) is 18.9 Å². The molecule has 3 heteroatoms. The van der Waals surface area contributed by atoms with E-state index >= 15 is 0 Å². The third-order valence-corrected chi connectivity index (χ3v) is 4.11. The Bertz CT molecular complexity index is 271. The summed E-state index contributed by atoms with van der Waals surface area (Å²) in [5.41, 5.74) is 6.08. The van der Waals surface area contributed by atoms with Crippen molar-refractivity contribution in [3.05, 3.63) is 22.4 Å². The van der Waals surface area contributed by atoms with E-state index in [0.717, 1.165) is 13.0 Å². The molecule has 1 saturated carbocycles. The first-order chi connectivity index (χ1) is 7.36. The maximum atomic E-state index is 6.08. The van der Waals surface area contributed by atoms with Crippen molar-refractivity contribution in [3.63, 3.8) is 0 Å². The number of nitrogens with one attached hydrogen (secondary N) is 1. The highest BCUT2D eigenvalue weighted by molar-refractivity contribution is 7.09. The Hall–Kier alpha value is -0.380. The van der Waals surface area contributed by atoms with E-state index in [-0.39, 0.29) is 0 Å². The molecule has 0 saturated heterocycles. The molecule has 0 amide bonds. The smallest absolute Gasteiger partial charge is 0.0219 e. The first-order valence-electron chi connectivity index (χ1n) is 5.87. The zero-order valence-electron chi connectivity index (χ0n) is 9.11. The second-order valence-corrected chi connectivity index (χ2v) is 5.37. The van der Waals surface area contributed by atoms with Gasteiger partial charge < -0.3 is 11.1 Å². The first kappa shape index (κ1) is 11.1. The third-order valence-electron chi connectivity index (χ3n) is 3.18. The molecule has 84 valence electrons. The van der Waals surface area contributed by atoms with Gasteiger partial charge in [-0.2, -0.15) is 0 Å². The molecule has 2 rings (SSSR count). The summed E-state index contributed by atoms with van der Waals surface area (Å²) in [7, 11) is 0. The minimum atomic E-state index is 0.377. The zero-order chi connectivity index (χ0) is 10.5. The van der Waals surface area contributed by atoms with Gasteiger partial charge in [-0.25, -0.2) is 0 Å². The van der Waals surface area contributed by atoms with Crippen LogP contribution in [-0.4, -0.2) is 18.6 Å². The van der Waals surface area contributed by atoms with E-state index in [1.54, 1.807) is 0 Å². The van der Waals surface area contributed by atoms with Crippen LogP contribution in [0.1, 0.15) is 30.6 Å². The predicted molar refractivity (Wildman–Crippen MR) is 66.3 cm³/mol. The Labute approximate surface area is 95.9 Å². The van der Waals surface area contributed by atoms with Gasteiger partial charge in [-0.15, -0.1) is 11.3 Å². The van der Waals surface area contributed by atoms with Crippen LogP contribution >= 0.6 is 11.3 Å². The second-order valence-electron chi connectivity index (χ2n) is 4.34. The lowest BCUT2D eigenvalue weighted by molar-refractivity contribution is 0.330. The predicted octanol–water partition coefficient (Wildman–Crippen LogP) is 2.15. The highest BCUT2D eigenvalue weighted by atomic mass is 32.1. The van der Waals surface area contributed by atoms with Crippen LogP contribution < -0.4 is 11.1 Å². The molecule has 0 aliphatic heterocycles. The van der Waals surface area contributed by atoms with Crippen LogP contribution in [0.4, 0.5) is 0 Å². The van der Waals surface area contributed by atoms with Gasteiger partial charge in [0.25, 0.3) is 0 Å². The highest BCUT2D eigenvalue weighted by Crippen LogP contribution is 2.17. The molecule has 1 aromatic heterocycles. The summed E-state index contributed by atoms with van der Waals surface area (Å²) < 4.78 is 0. The number of hydrogen-bond acceptors (Lipinski definition) is 3. The number of rotatable bonds is 4. The molecule has 1 fully saturated rings. The number of nitrogens with two attached hydrogens (primary N) is 1. The van der Waals surface area contributed by atoms with Crippen molar-refractivity contribution in [1.29, 1.82) is 0 Å². The van der Waals surface area contributed by atoms with Gasteiger partial charge in [-0.05, 0) is 30.7 Å². The fourth-order valence-corrected chi connectivity index (χ4v) is 2.96. The molecule has 1 aromatic rings. The lowest BCUT2D eigenvalue weighted by atomic mass is 9.91. The Morgan fingerprint density at radius 1 is 1.40 bits per heavy atom. The van der Waals surface area contributed by atoms with E-state index in [9.17, 15) is 0 Å². The summed E-state index contributed by atoms with van der Waals surface area (Å²) in [6, 6.07) is 5.25. The normalized spacial score (nSPS) is 26.7. The molecule has 2 nitrogen and oxygen atoms in total. The van der Waals surface area contributed by atoms with Crippen LogP contribution in [0.2, 0.25) is 0 Å². The Morgan fingerprint density at radius 3 is 3.00 bits per heavy atom. The summed E-state index contributed by atoms with van der Waals surface area (Å²) >= 11 is 1.84. The minimum absolute atomic E-state index is 0.377. The van der Waals surface area contributed by atoms with Crippen molar-refractivity contribution >= 4 is 11.3 Å². The van der Waals surface area contributed by atoms with Crippen molar-refractivity contribution in [1.82, 2.24) is 5.32 Å². The topological polar surface area (TPSA) is 38.0 Å². The Balaban J connectivity index is 1.68. The molecule has 2 unspecified atom stereocenters. The molecule has 1 aliphatic carbocycles. The van der Waals surface area contributed by atoms with Crippen molar-refractivity contribution in [3.8, 4) is 0 Å². The summed E-state index contributed by atoms with van der Waals surface area (Å²) in [5.74, 6) is 0. The van der Waals surface area contributed by atoms with E-state index in [4.69, 9.17) is 5.73 Å². The fourth-order valence-electron chi connectivity index (χ4n) is 2.25. The maximum Gasteiger partial charge on any atom is 0.0219 e. The van der Waals surface area contributed by atoms with Gasteiger partial charge in [-0.3, -0.25) is 0 Å². The summed E-state index contributed by atoms with van der Waals surface area (Å²) in [5, 5.41) is 5.73. The summed E-state index contributed by atoms with van der Waals surface area (Å²) in [6.07, 6.45) is 6.23. The Kier molecular flexibility index (Phi) is 4.18. The van der Waals surface area contributed by atoms with Crippen LogP contribution in [-0.2, 0) is 6.42 Å². The lowest BCUT2D eigenvalue weighted by Crippen LogP contribution is -2.47. The van der Waals surface area contributed by atoms with E-state index in [2.05, 4.69) is 22.8 Å². The molecule has 0 aromatic carbocycles. The van der Waals surface area contributed by atoms with Crippen LogP contribution in [0.15, 0.2) is 17.5 Å². The molecular weight excluding hydrogens is 204 g/mol. The summed E-state index contributed by atoms with van der Waals surface area (Å²) in [4.78, 5) is 1.46. The SMILES string of the molecule is NC1CCCCC1NCCc1cccs1. The second kappa shape index (κ2) is 5.64. The van der Waals surface area contributed by atoms with E-state index < -0.39 is 0 Å². The molecule has 0 radical (unpaired) electrons. The first-order valence-corrected chi connectivity index (χ1v) is 6.75. The monoisotopic (exact) mass is 224 g/mol. The molecule has 0 spiro atoms. The van der Waals surface area contributed by atoms with Crippen molar-refractivity contribution in [2.75, 3.05) is 6.54 Å². The summed E-state index contributed by atoms with van der Waals surface area (Å²) in [6.45, 7) is 1.07. The van der Waals surface area contributed by atoms with Gasteiger partial charge in [0.1, 0.15) is 0 Å². The van der Waals surface area contributed by atoms with E-state index in [1.165, 1.54) is 30.6 Å². The van der Waals surface area contributed by atoms with E-state index in [0.29, 0.717) is 12.1 Å². The maximum absolute atomic E-state index is 6.08. The fraction of sp³-hybridized carbons (Fsp3) is 0.667. The van der Waals surface area contributed by atoms with Crippen LogP contribution in [0.5, 0.6) is 0 Å². The van der Waals surface area contributed by atoms with Crippen molar-refractivity contribution in [2.24, 2.45) is 5.73 Å². The lowest BCUT2D eigenvalue weighted by Gasteiger charge is -2.29.